The predicted octanol–water partition coefficient (Wildman–Crippen LogP) is 2.90. The lowest BCUT2D eigenvalue weighted by atomic mass is 9.90. The topological polar surface area (TPSA) is 41.1 Å². The van der Waals surface area contributed by atoms with E-state index in [1.54, 1.807) is 0 Å². The van der Waals surface area contributed by atoms with Gasteiger partial charge in [0.1, 0.15) is 0 Å². The second-order valence-corrected chi connectivity index (χ2v) is 6.24. The zero-order chi connectivity index (χ0) is 15.1. The molecule has 0 aliphatic carbocycles. The van der Waals surface area contributed by atoms with Crippen molar-refractivity contribution in [1.29, 1.82) is 0 Å². The maximum atomic E-state index is 12.3. The van der Waals surface area contributed by atoms with E-state index in [2.05, 4.69) is 48.7 Å². The van der Waals surface area contributed by atoms with Gasteiger partial charge in [-0.25, -0.2) is 0 Å². The largest absolute Gasteiger partial charge is 0.352 e. The van der Waals surface area contributed by atoms with Crippen LogP contribution >= 0.6 is 0 Å². The first kappa shape index (κ1) is 16.0. The Morgan fingerprint density at radius 2 is 2.14 bits per heavy atom. The summed E-state index contributed by atoms with van der Waals surface area (Å²) in [4.78, 5) is 12.3. The fourth-order valence-electron chi connectivity index (χ4n) is 3.01. The maximum Gasteiger partial charge on any atom is 0.237 e. The molecule has 0 saturated carbocycles. The Morgan fingerprint density at radius 3 is 2.86 bits per heavy atom. The Labute approximate surface area is 128 Å². The Kier molecular flexibility index (Phi) is 6.24. The summed E-state index contributed by atoms with van der Waals surface area (Å²) >= 11 is 0. The summed E-state index contributed by atoms with van der Waals surface area (Å²) in [5, 5.41) is 6.51. The van der Waals surface area contributed by atoms with E-state index in [0.717, 1.165) is 25.8 Å². The molecule has 0 spiro atoms. The number of piperidine rings is 1. The fourth-order valence-corrected chi connectivity index (χ4v) is 3.01. The molecule has 21 heavy (non-hydrogen) atoms. The van der Waals surface area contributed by atoms with Crippen molar-refractivity contribution in [2.24, 2.45) is 5.92 Å². The van der Waals surface area contributed by atoms with Gasteiger partial charge in [-0.15, -0.1) is 0 Å². The van der Waals surface area contributed by atoms with Gasteiger partial charge >= 0.3 is 0 Å². The SMILES string of the molecule is CCC1CCNC(C(=O)NC(C)CCc2ccccc2)C1. The minimum atomic E-state index is 0.00266. The number of aryl methyl sites for hydroxylation is 1. The van der Waals surface area contributed by atoms with E-state index in [9.17, 15) is 4.79 Å². The Bertz CT molecular complexity index is 432. The molecule has 2 N–H and O–H groups in total. The van der Waals surface area contributed by atoms with Gasteiger partial charge in [-0.1, -0.05) is 43.7 Å². The fraction of sp³-hybridized carbons (Fsp3) is 0.611. The Morgan fingerprint density at radius 1 is 1.38 bits per heavy atom. The van der Waals surface area contributed by atoms with Crippen molar-refractivity contribution in [3.8, 4) is 0 Å². The first-order valence-electron chi connectivity index (χ1n) is 8.26. The molecule has 2 rings (SSSR count). The molecule has 1 saturated heterocycles. The normalized spacial score (nSPS) is 23.5. The third-order valence-corrected chi connectivity index (χ3v) is 4.50. The predicted molar refractivity (Wildman–Crippen MR) is 87.2 cm³/mol. The van der Waals surface area contributed by atoms with Crippen LogP contribution in [0.5, 0.6) is 0 Å². The van der Waals surface area contributed by atoms with Crippen molar-refractivity contribution in [2.45, 2.75) is 58.0 Å². The van der Waals surface area contributed by atoms with Crippen molar-refractivity contribution in [3.05, 3.63) is 35.9 Å². The highest BCUT2D eigenvalue weighted by Crippen LogP contribution is 2.19. The van der Waals surface area contributed by atoms with Crippen molar-refractivity contribution in [2.75, 3.05) is 6.54 Å². The highest BCUT2D eigenvalue weighted by atomic mass is 16.2. The van der Waals surface area contributed by atoms with E-state index in [1.165, 1.54) is 18.4 Å². The summed E-state index contributed by atoms with van der Waals surface area (Å²) in [6.07, 6.45) is 5.35. The Hall–Kier alpha value is -1.35. The molecule has 1 aliphatic heterocycles. The minimum absolute atomic E-state index is 0.00266. The molecular formula is C18H28N2O. The van der Waals surface area contributed by atoms with Gasteiger partial charge in [-0.05, 0) is 50.6 Å². The maximum absolute atomic E-state index is 12.3. The molecule has 0 radical (unpaired) electrons. The quantitative estimate of drug-likeness (QED) is 0.845. The highest BCUT2D eigenvalue weighted by Gasteiger charge is 2.26. The van der Waals surface area contributed by atoms with Crippen LogP contribution in [-0.2, 0) is 11.2 Å². The molecule has 3 atom stereocenters. The lowest BCUT2D eigenvalue weighted by molar-refractivity contribution is -0.124. The van der Waals surface area contributed by atoms with Crippen LogP contribution in [0, 0.1) is 5.92 Å². The first-order valence-corrected chi connectivity index (χ1v) is 8.26. The summed E-state index contributed by atoms with van der Waals surface area (Å²) < 4.78 is 0. The lowest BCUT2D eigenvalue weighted by Crippen LogP contribution is -2.50. The van der Waals surface area contributed by atoms with Crippen LogP contribution in [0.4, 0.5) is 0 Å². The third kappa shape index (κ3) is 5.16. The van der Waals surface area contributed by atoms with E-state index < -0.39 is 0 Å². The molecule has 1 aromatic rings. The molecule has 1 fully saturated rings. The highest BCUT2D eigenvalue weighted by molar-refractivity contribution is 5.82. The van der Waals surface area contributed by atoms with Gasteiger partial charge in [0.15, 0.2) is 0 Å². The van der Waals surface area contributed by atoms with Crippen LogP contribution in [0.2, 0.25) is 0 Å². The third-order valence-electron chi connectivity index (χ3n) is 4.50. The molecule has 0 bridgehead atoms. The Balaban J connectivity index is 1.74. The van der Waals surface area contributed by atoms with E-state index in [-0.39, 0.29) is 18.0 Å². The molecule has 0 aromatic heterocycles. The van der Waals surface area contributed by atoms with Gasteiger partial charge in [0.25, 0.3) is 0 Å². The molecule has 116 valence electrons. The summed E-state index contributed by atoms with van der Waals surface area (Å²) in [6.45, 7) is 5.28. The van der Waals surface area contributed by atoms with Crippen LogP contribution < -0.4 is 10.6 Å². The number of rotatable bonds is 6. The van der Waals surface area contributed by atoms with Gasteiger partial charge in [-0.3, -0.25) is 4.79 Å². The second-order valence-electron chi connectivity index (χ2n) is 6.24. The van der Waals surface area contributed by atoms with Crippen molar-refractivity contribution in [3.63, 3.8) is 0 Å². The molecule has 3 unspecified atom stereocenters. The molecule has 1 amide bonds. The summed E-state index contributed by atoms with van der Waals surface area (Å²) in [7, 11) is 0. The minimum Gasteiger partial charge on any atom is -0.352 e. The van der Waals surface area contributed by atoms with Crippen molar-refractivity contribution < 1.29 is 4.79 Å². The van der Waals surface area contributed by atoms with Gasteiger partial charge in [0.2, 0.25) is 5.91 Å². The van der Waals surface area contributed by atoms with E-state index in [0.29, 0.717) is 5.92 Å². The first-order chi connectivity index (χ1) is 10.2. The molecular weight excluding hydrogens is 260 g/mol. The smallest absolute Gasteiger partial charge is 0.237 e. The van der Waals surface area contributed by atoms with Crippen molar-refractivity contribution >= 4 is 5.91 Å². The molecule has 1 aromatic carbocycles. The number of amides is 1. The summed E-state index contributed by atoms with van der Waals surface area (Å²) in [5.74, 6) is 0.871. The van der Waals surface area contributed by atoms with Gasteiger partial charge < -0.3 is 10.6 Å². The molecule has 3 heteroatoms. The van der Waals surface area contributed by atoms with E-state index in [1.807, 2.05) is 6.07 Å². The lowest BCUT2D eigenvalue weighted by Gasteiger charge is -2.29. The second kappa shape index (κ2) is 8.18. The van der Waals surface area contributed by atoms with Crippen LogP contribution in [0.3, 0.4) is 0 Å². The van der Waals surface area contributed by atoms with Gasteiger partial charge in [0.05, 0.1) is 6.04 Å². The van der Waals surface area contributed by atoms with E-state index in [4.69, 9.17) is 0 Å². The van der Waals surface area contributed by atoms with Crippen LogP contribution in [-0.4, -0.2) is 24.5 Å². The number of nitrogens with one attached hydrogen (secondary N) is 2. The van der Waals surface area contributed by atoms with Crippen molar-refractivity contribution in [1.82, 2.24) is 10.6 Å². The summed E-state index contributed by atoms with van der Waals surface area (Å²) in [6, 6.07) is 10.7. The average Bonchev–Trinajstić information content (AvgIpc) is 2.54. The number of benzene rings is 1. The van der Waals surface area contributed by atoms with E-state index >= 15 is 0 Å². The molecule has 3 nitrogen and oxygen atoms in total. The number of carbonyl (C=O) groups is 1. The van der Waals surface area contributed by atoms with Crippen LogP contribution in [0.15, 0.2) is 30.3 Å². The number of hydrogen-bond donors (Lipinski definition) is 2. The monoisotopic (exact) mass is 288 g/mol. The number of carbonyl (C=O) groups excluding carboxylic acids is 1. The standard InChI is InChI=1S/C18H28N2O/c1-3-15-11-12-19-17(13-15)18(21)20-14(2)9-10-16-7-5-4-6-8-16/h4-8,14-15,17,19H,3,9-13H2,1-2H3,(H,20,21). The van der Waals surface area contributed by atoms with Gasteiger partial charge in [-0.2, -0.15) is 0 Å². The zero-order valence-electron chi connectivity index (χ0n) is 13.3. The van der Waals surface area contributed by atoms with Crippen LogP contribution in [0.1, 0.15) is 45.1 Å². The molecule has 1 heterocycles. The number of hydrogen-bond acceptors (Lipinski definition) is 2. The zero-order valence-corrected chi connectivity index (χ0v) is 13.3. The average molecular weight is 288 g/mol. The summed E-state index contributed by atoms with van der Waals surface area (Å²) in [5.41, 5.74) is 1.33. The van der Waals surface area contributed by atoms with Crippen LogP contribution in [0.25, 0.3) is 0 Å². The molecule has 1 aliphatic rings. The van der Waals surface area contributed by atoms with Gasteiger partial charge in [0, 0.05) is 6.04 Å².